The van der Waals surface area contributed by atoms with E-state index in [0.29, 0.717) is 11.5 Å². The maximum Gasteiger partial charge on any atom is 0.240 e. The number of hydrogen-bond acceptors (Lipinski definition) is 3. The molecule has 6 heteroatoms. The Balaban J connectivity index is 2.04. The van der Waals surface area contributed by atoms with Crippen molar-refractivity contribution in [2.45, 2.75) is 42.9 Å². The normalized spacial score (nSPS) is 16.4. The number of halogens is 1. The van der Waals surface area contributed by atoms with Crippen LogP contribution in [0.5, 0.6) is 0 Å². The fourth-order valence-electron chi connectivity index (χ4n) is 3.28. The topological polar surface area (TPSA) is 73.1 Å². The Morgan fingerprint density at radius 3 is 2.52 bits per heavy atom. The van der Waals surface area contributed by atoms with Crippen LogP contribution in [0.3, 0.4) is 0 Å². The van der Waals surface area contributed by atoms with Crippen LogP contribution in [0.25, 0.3) is 11.3 Å². The Hall–Kier alpha value is -1.79. The van der Waals surface area contributed by atoms with Gasteiger partial charge in [-0.2, -0.15) is 0 Å². The van der Waals surface area contributed by atoms with Crippen molar-refractivity contribution in [2.24, 2.45) is 5.14 Å². The Bertz CT molecular complexity index is 815. The molecule has 1 aliphatic carbocycles. The maximum absolute atomic E-state index is 14.1. The molecule has 2 aromatic rings. The van der Waals surface area contributed by atoms with E-state index in [1.54, 1.807) is 12.3 Å². The summed E-state index contributed by atoms with van der Waals surface area (Å²) in [6.45, 7) is 0. The second-order valence-electron chi connectivity index (χ2n) is 5.97. The van der Waals surface area contributed by atoms with Crippen LogP contribution >= 0.6 is 0 Å². The molecule has 3 rings (SSSR count). The largest absolute Gasteiger partial charge is 0.256 e. The summed E-state index contributed by atoms with van der Waals surface area (Å²) < 4.78 is 36.8. The molecule has 1 aliphatic rings. The van der Waals surface area contributed by atoms with Gasteiger partial charge in [-0.3, -0.25) is 4.98 Å². The molecule has 1 aromatic carbocycles. The number of primary sulfonamides is 1. The van der Waals surface area contributed by atoms with E-state index >= 15 is 0 Å². The molecule has 1 heterocycles. The third-order valence-corrected chi connectivity index (χ3v) is 5.34. The molecule has 0 radical (unpaired) electrons. The highest BCUT2D eigenvalue weighted by Gasteiger charge is 2.21. The lowest BCUT2D eigenvalue weighted by Crippen LogP contribution is -2.14. The van der Waals surface area contributed by atoms with Crippen molar-refractivity contribution < 1.29 is 12.8 Å². The predicted octanol–water partition coefficient (Wildman–Crippen LogP) is 3.58. The lowest BCUT2D eigenvalue weighted by Gasteiger charge is -2.23. The molecule has 0 aliphatic heterocycles. The first-order chi connectivity index (χ1) is 11.0. The summed E-state index contributed by atoms with van der Waals surface area (Å²) in [6.07, 6.45) is 7.53. The van der Waals surface area contributed by atoms with Gasteiger partial charge in [-0.05, 0) is 42.5 Å². The Labute approximate surface area is 135 Å². The summed E-state index contributed by atoms with van der Waals surface area (Å²) >= 11 is 0. The van der Waals surface area contributed by atoms with Crippen molar-refractivity contribution >= 4 is 10.0 Å². The SMILES string of the molecule is NS(=O)(=O)c1ccc(-c2ncccc2C2CCCCC2)cc1F. The molecule has 4 nitrogen and oxygen atoms in total. The highest BCUT2D eigenvalue weighted by atomic mass is 32.2. The van der Waals surface area contributed by atoms with E-state index in [4.69, 9.17) is 5.14 Å². The number of pyridine rings is 1. The first-order valence-corrected chi connectivity index (χ1v) is 9.29. The van der Waals surface area contributed by atoms with Crippen LogP contribution in [-0.4, -0.2) is 13.4 Å². The number of aromatic nitrogens is 1. The fraction of sp³-hybridized carbons (Fsp3) is 0.353. The van der Waals surface area contributed by atoms with Crippen LogP contribution in [0, 0.1) is 5.82 Å². The first kappa shape index (κ1) is 16.1. The van der Waals surface area contributed by atoms with Crippen molar-refractivity contribution in [1.82, 2.24) is 4.98 Å². The Morgan fingerprint density at radius 2 is 1.87 bits per heavy atom. The smallest absolute Gasteiger partial charge is 0.240 e. The van der Waals surface area contributed by atoms with E-state index < -0.39 is 20.7 Å². The van der Waals surface area contributed by atoms with Gasteiger partial charge in [0.2, 0.25) is 10.0 Å². The van der Waals surface area contributed by atoms with Crippen molar-refractivity contribution in [2.75, 3.05) is 0 Å². The minimum Gasteiger partial charge on any atom is -0.256 e. The van der Waals surface area contributed by atoms with Crippen LogP contribution in [0.4, 0.5) is 4.39 Å². The quantitative estimate of drug-likeness (QED) is 0.932. The minimum absolute atomic E-state index is 0.424. The molecular formula is C17H19FN2O2S. The van der Waals surface area contributed by atoms with Gasteiger partial charge in [0.05, 0.1) is 5.69 Å². The van der Waals surface area contributed by atoms with Gasteiger partial charge in [0.1, 0.15) is 10.7 Å². The highest BCUT2D eigenvalue weighted by molar-refractivity contribution is 7.89. The summed E-state index contributed by atoms with van der Waals surface area (Å²) in [7, 11) is -4.06. The molecular weight excluding hydrogens is 315 g/mol. The van der Waals surface area contributed by atoms with Gasteiger partial charge in [0.15, 0.2) is 0 Å². The van der Waals surface area contributed by atoms with E-state index in [1.807, 2.05) is 12.1 Å². The van der Waals surface area contributed by atoms with Crippen molar-refractivity contribution in [3.8, 4) is 11.3 Å². The van der Waals surface area contributed by atoms with Crippen molar-refractivity contribution in [1.29, 1.82) is 0 Å². The number of sulfonamides is 1. The molecule has 1 saturated carbocycles. The lowest BCUT2D eigenvalue weighted by molar-refractivity contribution is 0.443. The molecule has 2 N–H and O–H groups in total. The van der Waals surface area contributed by atoms with Crippen LogP contribution in [0.1, 0.15) is 43.6 Å². The molecule has 0 saturated heterocycles. The molecule has 23 heavy (non-hydrogen) atoms. The summed E-state index contributed by atoms with van der Waals surface area (Å²) in [6, 6.07) is 7.90. The first-order valence-electron chi connectivity index (χ1n) is 7.74. The number of rotatable bonds is 3. The molecule has 0 amide bonds. The average Bonchev–Trinajstić information content (AvgIpc) is 2.54. The molecule has 0 spiro atoms. The number of benzene rings is 1. The minimum atomic E-state index is -4.06. The predicted molar refractivity (Wildman–Crippen MR) is 86.8 cm³/mol. The summed E-state index contributed by atoms with van der Waals surface area (Å²) in [5, 5.41) is 5.01. The van der Waals surface area contributed by atoms with Gasteiger partial charge in [0.25, 0.3) is 0 Å². The van der Waals surface area contributed by atoms with Crippen molar-refractivity contribution in [3.05, 3.63) is 47.9 Å². The zero-order valence-electron chi connectivity index (χ0n) is 12.7. The van der Waals surface area contributed by atoms with Crippen LogP contribution in [-0.2, 0) is 10.0 Å². The molecule has 0 atom stereocenters. The van der Waals surface area contributed by atoms with Crippen molar-refractivity contribution in [3.63, 3.8) is 0 Å². The molecule has 0 unspecified atom stereocenters. The Morgan fingerprint density at radius 1 is 1.13 bits per heavy atom. The highest BCUT2D eigenvalue weighted by Crippen LogP contribution is 2.37. The standard InChI is InChI=1S/C17H19FN2O2S/c18-15-11-13(8-9-16(15)23(19,21)22)17-14(7-4-10-20-17)12-5-2-1-3-6-12/h4,7-12H,1-3,5-6H2,(H2,19,21,22). The van der Waals surface area contributed by atoms with E-state index in [9.17, 15) is 12.8 Å². The second-order valence-corrected chi connectivity index (χ2v) is 7.50. The molecule has 1 fully saturated rings. The van der Waals surface area contributed by atoms with E-state index in [-0.39, 0.29) is 0 Å². The lowest BCUT2D eigenvalue weighted by atomic mass is 9.82. The van der Waals surface area contributed by atoms with Gasteiger partial charge in [-0.25, -0.2) is 17.9 Å². The molecule has 1 aromatic heterocycles. The summed E-state index contributed by atoms with van der Waals surface area (Å²) in [5.41, 5.74) is 2.41. The molecule has 122 valence electrons. The van der Waals surface area contributed by atoms with Gasteiger partial charge in [-0.1, -0.05) is 31.4 Å². The van der Waals surface area contributed by atoms with Gasteiger partial charge in [0, 0.05) is 11.8 Å². The fourth-order valence-corrected chi connectivity index (χ4v) is 3.87. The number of nitrogens with two attached hydrogens (primary N) is 1. The van der Waals surface area contributed by atoms with E-state index in [1.165, 1.54) is 31.4 Å². The maximum atomic E-state index is 14.1. The number of hydrogen-bond donors (Lipinski definition) is 1. The zero-order valence-corrected chi connectivity index (χ0v) is 13.5. The summed E-state index contributed by atoms with van der Waals surface area (Å²) in [4.78, 5) is 3.92. The third kappa shape index (κ3) is 3.43. The average molecular weight is 334 g/mol. The van der Waals surface area contributed by atoms with Gasteiger partial charge >= 0.3 is 0 Å². The van der Waals surface area contributed by atoms with Crippen LogP contribution in [0.2, 0.25) is 0 Å². The van der Waals surface area contributed by atoms with E-state index in [0.717, 1.165) is 24.1 Å². The second kappa shape index (κ2) is 6.37. The van der Waals surface area contributed by atoms with Gasteiger partial charge < -0.3 is 0 Å². The van der Waals surface area contributed by atoms with Gasteiger partial charge in [-0.15, -0.1) is 0 Å². The third-order valence-electron chi connectivity index (χ3n) is 4.40. The zero-order chi connectivity index (χ0) is 16.4. The van der Waals surface area contributed by atoms with Crippen LogP contribution in [0.15, 0.2) is 41.4 Å². The monoisotopic (exact) mass is 334 g/mol. The Kier molecular flexibility index (Phi) is 4.46. The van der Waals surface area contributed by atoms with E-state index in [2.05, 4.69) is 4.98 Å². The number of nitrogens with zero attached hydrogens (tertiary/aromatic N) is 1. The summed E-state index contributed by atoms with van der Waals surface area (Å²) in [5.74, 6) is -0.418. The van der Waals surface area contributed by atoms with Crippen LogP contribution < -0.4 is 5.14 Å². The molecule has 0 bridgehead atoms.